The first-order chi connectivity index (χ1) is 11.0. The average Bonchev–Trinajstić information content (AvgIpc) is 2.54. The summed E-state index contributed by atoms with van der Waals surface area (Å²) < 4.78 is 1.04. The molecule has 0 atom stereocenters. The SMILES string of the molecule is C=C(CC(=O)Nc1cccnc1)NNC(=O)c1ccc(I)cc1. The molecule has 0 spiro atoms. The van der Waals surface area contributed by atoms with Gasteiger partial charge in [0.15, 0.2) is 0 Å². The minimum absolute atomic E-state index is 0.0296. The van der Waals surface area contributed by atoms with Gasteiger partial charge in [-0.05, 0) is 59.0 Å². The van der Waals surface area contributed by atoms with Crippen molar-refractivity contribution in [1.29, 1.82) is 0 Å². The van der Waals surface area contributed by atoms with Crippen molar-refractivity contribution in [3.63, 3.8) is 0 Å². The fourth-order valence-corrected chi connectivity index (χ4v) is 2.06. The topological polar surface area (TPSA) is 83.1 Å². The number of carbonyl (C=O) groups excluding carboxylic acids is 2. The fraction of sp³-hybridized carbons (Fsp3) is 0.0625. The van der Waals surface area contributed by atoms with Crippen LogP contribution >= 0.6 is 22.6 Å². The quantitative estimate of drug-likeness (QED) is 0.494. The summed E-state index contributed by atoms with van der Waals surface area (Å²) in [5.41, 5.74) is 6.65. The van der Waals surface area contributed by atoms with E-state index in [1.165, 1.54) is 0 Å². The number of hydrazine groups is 1. The van der Waals surface area contributed by atoms with E-state index in [-0.39, 0.29) is 18.2 Å². The molecule has 7 heteroatoms. The summed E-state index contributed by atoms with van der Waals surface area (Å²) in [5, 5.41) is 2.68. The van der Waals surface area contributed by atoms with E-state index in [1.807, 2.05) is 12.1 Å². The van der Waals surface area contributed by atoms with Crippen LogP contribution in [0.25, 0.3) is 0 Å². The number of halogens is 1. The van der Waals surface area contributed by atoms with Gasteiger partial charge in [-0.1, -0.05) is 6.58 Å². The molecule has 0 fully saturated rings. The molecule has 2 amide bonds. The minimum atomic E-state index is -0.296. The molecule has 1 aromatic heterocycles. The smallest absolute Gasteiger partial charge is 0.269 e. The summed E-state index contributed by atoms with van der Waals surface area (Å²) in [6.45, 7) is 3.71. The summed E-state index contributed by atoms with van der Waals surface area (Å²) >= 11 is 2.16. The zero-order valence-corrected chi connectivity index (χ0v) is 14.3. The number of hydrogen-bond acceptors (Lipinski definition) is 4. The van der Waals surface area contributed by atoms with E-state index in [0.29, 0.717) is 16.9 Å². The van der Waals surface area contributed by atoms with Crippen molar-refractivity contribution >= 4 is 40.1 Å². The van der Waals surface area contributed by atoms with Crippen molar-refractivity contribution in [3.05, 3.63) is 70.2 Å². The molecule has 0 aliphatic rings. The van der Waals surface area contributed by atoms with E-state index in [0.717, 1.165) is 3.57 Å². The van der Waals surface area contributed by atoms with Crippen molar-refractivity contribution in [2.24, 2.45) is 0 Å². The highest BCUT2D eigenvalue weighted by Crippen LogP contribution is 2.07. The van der Waals surface area contributed by atoms with Crippen LogP contribution in [0.5, 0.6) is 0 Å². The number of pyridine rings is 1. The van der Waals surface area contributed by atoms with Gasteiger partial charge in [0, 0.05) is 21.0 Å². The van der Waals surface area contributed by atoms with E-state index < -0.39 is 0 Å². The Morgan fingerprint density at radius 2 is 1.87 bits per heavy atom. The number of anilines is 1. The van der Waals surface area contributed by atoms with Crippen molar-refractivity contribution in [1.82, 2.24) is 15.8 Å². The Morgan fingerprint density at radius 3 is 2.52 bits per heavy atom. The molecular weight excluding hydrogens is 407 g/mol. The van der Waals surface area contributed by atoms with E-state index in [9.17, 15) is 9.59 Å². The first kappa shape index (κ1) is 16.9. The number of benzene rings is 1. The van der Waals surface area contributed by atoms with Crippen LogP contribution < -0.4 is 16.2 Å². The summed E-state index contributed by atoms with van der Waals surface area (Å²) in [4.78, 5) is 27.6. The van der Waals surface area contributed by atoms with Gasteiger partial charge in [0.05, 0.1) is 18.3 Å². The Labute approximate surface area is 147 Å². The Bertz CT molecular complexity index is 702. The molecule has 2 aromatic rings. The molecule has 0 aliphatic carbocycles. The van der Waals surface area contributed by atoms with Gasteiger partial charge in [0.25, 0.3) is 5.91 Å². The van der Waals surface area contributed by atoms with Crippen LogP contribution in [0.2, 0.25) is 0 Å². The second-order valence-corrected chi connectivity index (χ2v) is 5.90. The molecule has 23 heavy (non-hydrogen) atoms. The molecule has 3 N–H and O–H groups in total. The number of amides is 2. The molecule has 1 aromatic carbocycles. The lowest BCUT2D eigenvalue weighted by Gasteiger charge is -2.11. The summed E-state index contributed by atoms with van der Waals surface area (Å²) in [7, 11) is 0. The van der Waals surface area contributed by atoms with Crippen LogP contribution in [0.1, 0.15) is 16.8 Å². The first-order valence-corrected chi connectivity index (χ1v) is 7.82. The van der Waals surface area contributed by atoms with Crippen molar-refractivity contribution in [2.75, 3.05) is 5.32 Å². The number of hydrogen-bond donors (Lipinski definition) is 3. The first-order valence-electron chi connectivity index (χ1n) is 6.74. The van der Waals surface area contributed by atoms with Gasteiger partial charge < -0.3 is 10.7 Å². The third kappa shape index (κ3) is 5.70. The number of aromatic nitrogens is 1. The molecule has 2 rings (SSSR count). The molecule has 0 bridgehead atoms. The number of rotatable bonds is 6. The highest BCUT2D eigenvalue weighted by Gasteiger charge is 2.08. The van der Waals surface area contributed by atoms with Crippen LogP contribution in [0.4, 0.5) is 5.69 Å². The molecule has 1 heterocycles. The summed E-state index contributed by atoms with van der Waals surface area (Å²) in [6, 6.07) is 10.6. The predicted octanol–water partition coefficient (Wildman–Crippen LogP) is 2.46. The van der Waals surface area contributed by atoms with Gasteiger partial charge in [0.2, 0.25) is 5.91 Å². The number of carbonyl (C=O) groups is 2. The van der Waals surface area contributed by atoms with Gasteiger partial charge in [0.1, 0.15) is 0 Å². The Morgan fingerprint density at radius 1 is 1.13 bits per heavy atom. The van der Waals surface area contributed by atoms with E-state index in [2.05, 4.69) is 50.3 Å². The Hall–Kier alpha value is -2.42. The van der Waals surface area contributed by atoms with Crippen molar-refractivity contribution in [2.45, 2.75) is 6.42 Å². The monoisotopic (exact) mass is 422 g/mol. The average molecular weight is 422 g/mol. The minimum Gasteiger partial charge on any atom is -0.324 e. The third-order valence-corrected chi connectivity index (χ3v) is 3.50. The summed E-state index contributed by atoms with van der Waals surface area (Å²) in [5.74, 6) is -0.547. The lowest BCUT2D eigenvalue weighted by molar-refractivity contribution is -0.115. The van der Waals surface area contributed by atoms with Crippen LogP contribution in [0.3, 0.4) is 0 Å². The molecule has 0 unspecified atom stereocenters. The third-order valence-electron chi connectivity index (χ3n) is 2.78. The zero-order valence-electron chi connectivity index (χ0n) is 12.2. The van der Waals surface area contributed by atoms with Gasteiger partial charge >= 0.3 is 0 Å². The van der Waals surface area contributed by atoms with Gasteiger partial charge in [-0.2, -0.15) is 0 Å². The number of nitrogens with one attached hydrogen (secondary N) is 3. The Kier molecular flexibility index (Phi) is 6.10. The van der Waals surface area contributed by atoms with Crippen LogP contribution in [0, 0.1) is 3.57 Å². The zero-order chi connectivity index (χ0) is 16.7. The van der Waals surface area contributed by atoms with E-state index >= 15 is 0 Å². The highest BCUT2D eigenvalue weighted by molar-refractivity contribution is 14.1. The molecule has 0 saturated heterocycles. The standard InChI is InChI=1S/C16H15IN4O2/c1-11(9-15(22)19-14-3-2-8-18-10-14)20-21-16(23)12-4-6-13(17)7-5-12/h2-8,10,20H,1,9H2,(H,19,22)(H,21,23). The van der Waals surface area contributed by atoms with Crippen molar-refractivity contribution in [3.8, 4) is 0 Å². The second kappa shape index (κ2) is 8.28. The van der Waals surface area contributed by atoms with Gasteiger partial charge in [-0.3, -0.25) is 20.0 Å². The van der Waals surface area contributed by atoms with Gasteiger partial charge in [-0.25, -0.2) is 0 Å². The normalized spacial score (nSPS) is 9.78. The van der Waals surface area contributed by atoms with Crippen LogP contribution in [-0.4, -0.2) is 16.8 Å². The lowest BCUT2D eigenvalue weighted by Crippen LogP contribution is -2.37. The predicted molar refractivity (Wildman–Crippen MR) is 96.4 cm³/mol. The maximum Gasteiger partial charge on any atom is 0.269 e. The second-order valence-electron chi connectivity index (χ2n) is 4.66. The van der Waals surface area contributed by atoms with Crippen LogP contribution in [0.15, 0.2) is 61.1 Å². The molecular formula is C16H15IN4O2. The molecule has 6 nitrogen and oxygen atoms in total. The Balaban J connectivity index is 1.77. The van der Waals surface area contributed by atoms with E-state index in [4.69, 9.17) is 0 Å². The number of nitrogens with zero attached hydrogens (tertiary/aromatic N) is 1. The molecule has 0 radical (unpaired) electrons. The van der Waals surface area contributed by atoms with Crippen molar-refractivity contribution < 1.29 is 9.59 Å². The van der Waals surface area contributed by atoms with E-state index in [1.54, 1.807) is 36.7 Å². The maximum absolute atomic E-state index is 11.9. The largest absolute Gasteiger partial charge is 0.324 e. The highest BCUT2D eigenvalue weighted by atomic mass is 127. The lowest BCUT2D eigenvalue weighted by atomic mass is 10.2. The van der Waals surface area contributed by atoms with Gasteiger partial charge in [-0.15, -0.1) is 0 Å². The summed E-state index contributed by atoms with van der Waals surface area (Å²) in [6.07, 6.45) is 3.20. The fourth-order valence-electron chi connectivity index (χ4n) is 1.70. The molecule has 0 aliphatic heterocycles. The molecule has 0 saturated carbocycles. The van der Waals surface area contributed by atoms with Crippen LogP contribution in [-0.2, 0) is 4.79 Å². The molecule has 118 valence electrons. The maximum atomic E-state index is 11.9.